The van der Waals surface area contributed by atoms with E-state index in [2.05, 4.69) is 0 Å². The molecule has 0 N–H and O–H groups in total. The van der Waals surface area contributed by atoms with Gasteiger partial charge in [0.25, 0.3) is 0 Å². The summed E-state index contributed by atoms with van der Waals surface area (Å²) in [4.78, 5) is 23.7. The summed E-state index contributed by atoms with van der Waals surface area (Å²) in [5.74, 6) is -0.954. The fraction of sp³-hybridized carbons (Fsp3) is 0.294. The first-order valence-electron chi connectivity index (χ1n) is 7.20. The van der Waals surface area contributed by atoms with Gasteiger partial charge in [-0.25, -0.2) is 9.59 Å². The van der Waals surface area contributed by atoms with Crippen LogP contribution in [0.25, 0.3) is 5.69 Å². The van der Waals surface area contributed by atoms with Gasteiger partial charge in [0.15, 0.2) is 0 Å². The number of para-hydroxylation sites is 1. The van der Waals surface area contributed by atoms with Crippen molar-refractivity contribution < 1.29 is 19.1 Å². The molecule has 5 nitrogen and oxygen atoms in total. The van der Waals surface area contributed by atoms with Gasteiger partial charge in [0.05, 0.1) is 12.2 Å². The van der Waals surface area contributed by atoms with E-state index in [1.165, 1.54) is 0 Å². The standard InChI is InChI=1S/C17H17NO4/c1-11-10-14(16(19)22-15-8-9-21-17(15)20)12(2)18(11)13-6-4-3-5-7-13/h3-7,10,15H,8-9H2,1-2H3. The highest BCUT2D eigenvalue weighted by molar-refractivity contribution is 5.93. The van der Waals surface area contributed by atoms with Crippen molar-refractivity contribution in [3.8, 4) is 5.69 Å². The van der Waals surface area contributed by atoms with E-state index in [1.807, 2.05) is 48.7 Å². The van der Waals surface area contributed by atoms with Gasteiger partial charge in [-0.15, -0.1) is 0 Å². The van der Waals surface area contributed by atoms with E-state index in [1.54, 1.807) is 6.07 Å². The number of nitrogens with zero attached hydrogens (tertiary/aromatic N) is 1. The fourth-order valence-electron chi connectivity index (χ4n) is 2.72. The number of cyclic esters (lactones) is 1. The Morgan fingerprint density at radius 3 is 2.64 bits per heavy atom. The average Bonchev–Trinajstić information content (AvgIpc) is 3.04. The Balaban J connectivity index is 1.89. The molecule has 1 unspecified atom stereocenters. The predicted molar refractivity (Wildman–Crippen MR) is 80.0 cm³/mol. The molecule has 3 rings (SSSR count). The van der Waals surface area contributed by atoms with Gasteiger partial charge >= 0.3 is 11.9 Å². The van der Waals surface area contributed by atoms with Crippen molar-refractivity contribution in [2.75, 3.05) is 6.61 Å². The molecule has 22 heavy (non-hydrogen) atoms. The van der Waals surface area contributed by atoms with Crippen LogP contribution in [0.15, 0.2) is 36.4 Å². The van der Waals surface area contributed by atoms with E-state index in [4.69, 9.17) is 9.47 Å². The molecule has 5 heteroatoms. The zero-order valence-corrected chi connectivity index (χ0v) is 12.5. The summed E-state index contributed by atoms with van der Waals surface area (Å²) in [7, 11) is 0. The van der Waals surface area contributed by atoms with E-state index >= 15 is 0 Å². The van der Waals surface area contributed by atoms with Crippen molar-refractivity contribution >= 4 is 11.9 Å². The van der Waals surface area contributed by atoms with Crippen molar-refractivity contribution in [1.82, 2.24) is 4.57 Å². The lowest BCUT2D eigenvalue weighted by Gasteiger charge is -2.10. The Morgan fingerprint density at radius 1 is 1.27 bits per heavy atom. The molecule has 1 aromatic carbocycles. The summed E-state index contributed by atoms with van der Waals surface area (Å²) in [6, 6.07) is 11.6. The first-order chi connectivity index (χ1) is 10.6. The smallest absolute Gasteiger partial charge is 0.347 e. The van der Waals surface area contributed by atoms with Crippen LogP contribution in [0.5, 0.6) is 0 Å². The largest absolute Gasteiger partial charge is 0.463 e. The second-order valence-electron chi connectivity index (χ2n) is 5.31. The number of esters is 2. The fourth-order valence-corrected chi connectivity index (χ4v) is 2.72. The molecule has 0 saturated carbocycles. The normalized spacial score (nSPS) is 17.4. The molecular weight excluding hydrogens is 282 g/mol. The Hall–Kier alpha value is -2.56. The van der Waals surface area contributed by atoms with Gasteiger partial charge in [-0.2, -0.15) is 0 Å². The lowest BCUT2D eigenvalue weighted by atomic mass is 10.2. The van der Waals surface area contributed by atoms with Crippen LogP contribution in [0.2, 0.25) is 0 Å². The van der Waals surface area contributed by atoms with Crippen LogP contribution in [0.3, 0.4) is 0 Å². The molecule has 0 amide bonds. The molecule has 2 heterocycles. The molecule has 1 aliphatic heterocycles. The van der Waals surface area contributed by atoms with E-state index in [-0.39, 0.29) is 0 Å². The maximum atomic E-state index is 12.3. The summed E-state index contributed by atoms with van der Waals surface area (Å²) in [5.41, 5.74) is 3.18. The third-order valence-corrected chi connectivity index (χ3v) is 3.80. The second kappa shape index (κ2) is 5.67. The number of hydrogen-bond acceptors (Lipinski definition) is 4. The number of rotatable bonds is 3. The summed E-state index contributed by atoms with van der Waals surface area (Å²) in [6.07, 6.45) is -0.366. The van der Waals surface area contributed by atoms with E-state index in [0.29, 0.717) is 18.6 Å². The minimum Gasteiger partial charge on any atom is -0.463 e. The Bertz CT molecular complexity index is 718. The van der Waals surface area contributed by atoms with Gasteiger partial charge < -0.3 is 14.0 Å². The summed E-state index contributed by atoms with van der Waals surface area (Å²) in [6.45, 7) is 4.10. The highest BCUT2D eigenvalue weighted by Gasteiger charge is 2.31. The molecule has 1 atom stereocenters. The molecule has 114 valence electrons. The van der Waals surface area contributed by atoms with Crippen LogP contribution in [0, 0.1) is 13.8 Å². The van der Waals surface area contributed by atoms with Crippen LogP contribution < -0.4 is 0 Å². The molecule has 1 aromatic heterocycles. The van der Waals surface area contributed by atoms with Crippen molar-refractivity contribution in [3.63, 3.8) is 0 Å². The van der Waals surface area contributed by atoms with Gasteiger partial charge in [-0.3, -0.25) is 0 Å². The minimum absolute atomic E-state index is 0.305. The van der Waals surface area contributed by atoms with Crippen molar-refractivity contribution in [2.45, 2.75) is 26.4 Å². The van der Waals surface area contributed by atoms with Crippen LogP contribution in [-0.2, 0) is 14.3 Å². The second-order valence-corrected chi connectivity index (χ2v) is 5.31. The highest BCUT2D eigenvalue weighted by atomic mass is 16.6. The Labute approximate surface area is 128 Å². The first-order valence-corrected chi connectivity index (χ1v) is 7.20. The molecule has 0 radical (unpaired) electrons. The third kappa shape index (κ3) is 2.50. The Morgan fingerprint density at radius 2 is 2.00 bits per heavy atom. The SMILES string of the molecule is Cc1cc(C(=O)OC2CCOC2=O)c(C)n1-c1ccccc1. The number of carbonyl (C=O) groups is 2. The van der Waals surface area contributed by atoms with Crippen LogP contribution in [0.4, 0.5) is 0 Å². The number of benzene rings is 1. The van der Waals surface area contributed by atoms with E-state index in [9.17, 15) is 9.59 Å². The van der Waals surface area contributed by atoms with Crippen molar-refractivity contribution in [3.05, 3.63) is 53.3 Å². The van der Waals surface area contributed by atoms with Gasteiger partial charge in [-0.05, 0) is 32.0 Å². The van der Waals surface area contributed by atoms with Crippen LogP contribution >= 0.6 is 0 Å². The number of ether oxygens (including phenoxy) is 2. The molecular formula is C17H17NO4. The van der Waals surface area contributed by atoms with Gasteiger partial charge in [0.1, 0.15) is 0 Å². The summed E-state index contributed by atoms with van der Waals surface area (Å²) < 4.78 is 12.1. The monoisotopic (exact) mass is 299 g/mol. The molecule has 0 bridgehead atoms. The van der Waals surface area contributed by atoms with Gasteiger partial charge in [-0.1, -0.05) is 18.2 Å². The molecule has 1 aliphatic rings. The molecule has 1 saturated heterocycles. The highest BCUT2D eigenvalue weighted by Crippen LogP contribution is 2.22. The summed E-state index contributed by atoms with van der Waals surface area (Å²) >= 11 is 0. The average molecular weight is 299 g/mol. The predicted octanol–water partition coefficient (Wildman–Crippen LogP) is 2.57. The minimum atomic E-state index is -0.785. The number of hydrogen-bond donors (Lipinski definition) is 0. The molecule has 0 spiro atoms. The molecule has 0 aliphatic carbocycles. The first kappa shape index (κ1) is 14.4. The van der Waals surface area contributed by atoms with Crippen molar-refractivity contribution in [2.24, 2.45) is 0 Å². The maximum absolute atomic E-state index is 12.3. The Kier molecular flexibility index (Phi) is 3.71. The van der Waals surface area contributed by atoms with Gasteiger partial charge in [0, 0.05) is 23.5 Å². The van der Waals surface area contributed by atoms with E-state index < -0.39 is 18.0 Å². The van der Waals surface area contributed by atoms with Crippen molar-refractivity contribution in [1.29, 1.82) is 0 Å². The maximum Gasteiger partial charge on any atom is 0.347 e. The lowest BCUT2D eigenvalue weighted by molar-refractivity contribution is -0.145. The quantitative estimate of drug-likeness (QED) is 0.817. The topological polar surface area (TPSA) is 57.5 Å². The van der Waals surface area contributed by atoms with Crippen LogP contribution in [-0.4, -0.2) is 29.2 Å². The summed E-state index contributed by atoms with van der Waals surface area (Å²) in [5, 5.41) is 0. The molecule has 1 fully saturated rings. The zero-order valence-electron chi connectivity index (χ0n) is 12.5. The lowest BCUT2D eigenvalue weighted by Crippen LogP contribution is -2.22. The molecule has 2 aromatic rings. The van der Waals surface area contributed by atoms with Crippen LogP contribution in [0.1, 0.15) is 28.2 Å². The number of aromatic nitrogens is 1. The zero-order chi connectivity index (χ0) is 15.7. The van der Waals surface area contributed by atoms with E-state index in [0.717, 1.165) is 17.1 Å². The third-order valence-electron chi connectivity index (χ3n) is 3.80. The number of carbonyl (C=O) groups excluding carboxylic acids is 2. The van der Waals surface area contributed by atoms with Gasteiger partial charge in [0.2, 0.25) is 6.10 Å². The number of aryl methyl sites for hydroxylation is 1.